The van der Waals surface area contributed by atoms with E-state index in [2.05, 4.69) is 0 Å². The van der Waals surface area contributed by atoms with E-state index in [1.54, 1.807) is 36.4 Å². The molecule has 37 heavy (non-hydrogen) atoms. The number of hydrogen-bond donors (Lipinski definition) is 0. The number of non-ortho nitro benzene ring substituents is 2. The number of anilines is 1. The van der Waals surface area contributed by atoms with Crippen LogP contribution in [0.4, 0.5) is 17.1 Å². The van der Waals surface area contributed by atoms with Crippen molar-refractivity contribution in [3.05, 3.63) is 103 Å². The predicted octanol–water partition coefficient (Wildman–Crippen LogP) is 5.89. The lowest BCUT2D eigenvalue weighted by atomic mass is 10.1. The fourth-order valence-electron chi connectivity index (χ4n) is 3.49. The van der Waals surface area contributed by atoms with E-state index in [1.165, 1.54) is 41.3 Å². The molecule has 0 saturated carbocycles. The molecule has 0 radical (unpaired) electrons. The number of rotatable bonds is 9. The van der Waals surface area contributed by atoms with E-state index in [9.17, 15) is 25.0 Å². The first-order valence-corrected chi connectivity index (χ1v) is 12.1. The minimum Gasteiger partial charge on any atom is -0.490 e. The van der Waals surface area contributed by atoms with Crippen molar-refractivity contribution in [2.45, 2.75) is 13.5 Å². The predicted molar refractivity (Wildman–Crippen MR) is 144 cm³/mol. The Morgan fingerprint density at radius 2 is 1.68 bits per heavy atom. The molecule has 12 heteroatoms. The van der Waals surface area contributed by atoms with Crippen LogP contribution in [0, 0.1) is 20.2 Å². The summed E-state index contributed by atoms with van der Waals surface area (Å²) in [6, 6.07) is 17.0. The van der Waals surface area contributed by atoms with Crippen molar-refractivity contribution in [3.8, 4) is 11.5 Å². The maximum absolute atomic E-state index is 13.1. The zero-order chi connectivity index (χ0) is 26.5. The van der Waals surface area contributed by atoms with Crippen molar-refractivity contribution >= 4 is 57.3 Å². The average Bonchev–Trinajstić information content (AvgIpc) is 3.16. The topological polar surface area (TPSA) is 125 Å². The van der Waals surface area contributed by atoms with Crippen molar-refractivity contribution in [2.24, 2.45) is 0 Å². The van der Waals surface area contributed by atoms with E-state index in [4.69, 9.17) is 21.7 Å². The third kappa shape index (κ3) is 5.93. The summed E-state index contributed by atoms with van der Waals surface area (Å²) in [5.74, 6) is 0.560. The highest BCUT2D eigenvalue weighted by Crippen LogP contribution is 2.38. The van der Waals surface area contributed by atoms with Crippen LogP contribution in [-0.2, 0) is 11.4 Å². The van der Waals surface area contributed by atoms with Crippen molar-refractivity contribution in [1.82, 2.24) is 0 Å². The fraction of sp³-hybridized carbons (Fsp3) is 0.120. The molecule has 1 fully saturated rings. The molecule has 3 aromatic carbocycles. The zero-order valence-electron chi connectivity index (χ0n) is 19.4. The first-order valence-electron chi connectivity index (χ1n) is 10.9. The fourth-order valence-corrected chi connectivity index (χ4v) is 4.79. The molecule has 3 aromatic rings. The van der Waals surface area contributed by atoms with Gasteiger partial charge < -0.3 is 9.47 Å². The quantitative estimate of drug-likeness (QED) is 0.142. The van der Waals surface area contributed by atoms with Gasteiger partial charge in [-0.2, -0.15) is 0 Å². The number of thioether (sulfide) groups is 1. The summed E-state index contributed by atoms with van der Waals surface area (Å²) in [5.41, 5.74) is 1.65. The van der Waals surface area contributed by atoms with E-state index in [-0.39, 0.29) is 23.9 Å². The third-order valence-corrected chi connectivity index (χ3v) is 6.50. The lowest BCUT2D eigenvalue weighted by Crippen LogP contribution is -2.27. The van der Waals surface area contributed by atoms with E-state index in [1.807, 2.05) is 6.92 Å². The molecule has 10 nitrogen and oxygen atoms in total. The van der Waals surface area contributed by atoms with Gasteiger partial charge >= 0.3 is 0 Å². The molecule has 0 atom stereocenters. The summed E-state index contributed by atoms with van der Waals surface area (Å²) in [5, 5.41) is 21.9. The summed E-state index contributed by atoms with van der Waals surface area (Å²) in [6.45, 7) is 2.31. The maximum atomic E-state index is 13.1. The van der Waals surface area contributed by atoms with Crippen LogP contribution in [0.2, 0.25) is 0 Å². The van der Waals surface area contributed by atoms with Crippen LogP contribution >= 0.6 is 24.0 Å². The van der Waals surface area contributed by atoms with Gasteiger partial charge in [-0.05, 0) is 48.4 Å². The van der Waals surface area contributed by atoms with E-state index >= 15 is 0 Å². The molecular weight excluding hydrogens is 518 g/mol. The SMILES string of the molecule is CCOc1cc(/C=C2/SC(=S)N(c3ccc([N+](=O)[O-])cc3)C2=O)ccc1OCc1cccc([N+](=O)[O-])c1. The second kappa shape index (κ2) is 11.2. The minimum absolute atomic E-state index is 0.0208. The van der Waals surface area contributed by atoms with Gasteiger partial charge in [0.25, 0.3) is 17.3 Å². The number of nitrogens with zero attached hydrogens (tertiary/aromatic N) is 3. The number of thiocarbonyl (C=S) groups is 1. The summed E-state index contributed by atoms with van der Waals surface area (Å²) in [7, 11) is 0. The normalized spacial score (nSPS) is 14.2. The number of benzene rings is 3. The van der Waals surface area contributed by atoms with Gasteiger partial charge in [-0.15, -0.1) is 0 Å². The highest BCUT2D eigenvalue weighted by Gasteiger charge is 2.33. The smallest absolute Gasteiger partial charge is 0.270 e. The van der Waals surface area contributed by atoms with Crippen LogP contribution in [0.15, 0.2) is 71.6 Å². The van der Waals surface area contributed by atoms with Crippen LogP contribution < -0.4 is 14.4 Å². The Bertz CT molecular complexity index is 1420. The average molecular weight is 538 g/mol. The van der Waals surface area contributed by atoms with Gasteiger partial charge in [0.1, 0.15) is 6.61 Å². The van der Waals surface area contributed by atoms with Crippen molar-refractivity contribution in [3.63, 3.8) is 0 Å². The molecule has 1 aliphatic heterocycles. The molecule has 0 aliphatic carbocycles. The minimum atomic E-state index is -0.513. The van der Waals surface area contributed by atoms with E-state index in [0.29, 0.717) is 44.1 Å². The third-order valence-electron chi connectivity index (χ3n) is 5.19. The molecule has 1 heterocycles. The Kier molecular flexibility index (Phi) is 7.80. The Hall–Kier alpha value is -4.29. The molecule has 188 valence electrons. The Morgan fingerprint density at radius 3 is 2.35 bits per heavy atom. The second-order valence-corrected chi connectivity index (χ2v) is 9.32. The zero-order valence-corrected chi connectivity index (χ0v) is 21.0. The van der Waals surface area contributed by atoms with Crippen molar-refractivity contribution < 1.29 is 24.1 Å². The van der Waals surface area contributed by atoms with Gasteiger partial charge in [0, 0.05) is 24.3 Å². The molecule has 0 bridgehead atoms. The van der Waals surface area contributed by atoms with Gasteiger partial charge in [0.15, 0.2) is 15.8 Å². The lowest BCUT2D eigenvalue weighted by molar-refractivity contribution is -0.385. The molecular formula is C25H19N3O7S2. The summed E-state index contributed by atoms with van der Waals surface area (Å²) < 4.78 is 11.9. The monoisotopic (exact) mass is 537 g/mol. The van der Waals surface area contributed by atoms with Crippen LogP contribution in [0.5, 0.6) is 11.5 Å². The number of carbonyl (C=O) groups is 1. The van der Waals surface area contributed by atoms with Crippen molar-refractivity contribution in [2.75, 3.05) is 11.5 Å². The first-order chi connectivity index (χ1) is 17.8. The number of ether oxygens (including phenoxy) is 2. The van der Waals surface area contributed by atoms with Crippen LogP contribution in [0.1, 0.15) is 18.1 Å². The van der Waals surface area contributed by atoms with Gasteiger partial charge in [-0.3, -0.25) is 29.9 Å². The molecule has 1 amide bonds. The molecule has 0 spiro atoms. The first kappa shape index (κ1) is 25.8. The van der Waals surface area contributed by atoms with Gasteiger partial charge in [-0.25, -0.2) is 0 Å². The summed E-state index contributed by atoms with van der Waals surface area (Å²) >= 11 is 6.50. The molecule has 0 unspecified atom stereocenters. The highest BCUT2D eigenvalue weighted by atomic mass is 32.2. The van der Waals surface area contributed by atoms with Gasteiger partial charge in [0.05, 0.1) is 27.0 Å². The highest BCUT2D eigenvalue weighted by molar-refractivity contribution is 8.27. The van der Waals surface area contributed by atoms with E-state index < -0.39 is 9.85 Å². The number of nitro groups is 2. The number of amides is 1. The lowest BCUT2D eigenvalue weighted by Gasteiger charge is -2.14. The van der Waals surface area contributed by atoms with Crippen LogP contribution in [0.3, 0.4) is 0 Å². The molecule has 0 N–H and O–H groups in total. The molecule has 1 aliphatic rings. The van der Waals surface area contributed by atoms with Gasteiger partial charge in [-0.1, -0.05) is 42.2 Å². The number of carbonyl (C=O) groups excluding carboxylic acids is 1. The Morgan fingerprint density at radius 1 is 0.946 bits per heavy atom. The van der Waals surface area contributed by atoms with Gasteiger partial charge in [0.2, 0.25) is 0 Å². The second-order valence-electron chi connectivity index (χ2n) is 7.65. The standard InChI is InChI=1S/C25H19N3O7S2/c1-2-34-22-13-16(6-11-21(22)35-15-17-4-3-5-20(12-17)28(32)33)14-23-24(29)26(25(36)37-23)18-7-9-19(10-8-18)27(30)31/h3-14H,2,15H2,1H3/b23-14+. The van der Waals surface area contributed by atoms with Crippen molar-refractivity contribution in [1.29, 1.82) is 0 Å². The van der Waals surface area contributed by atoms with Crippen LogP contribution in [0.25, 0.3) is 6.08 Å². The summed E-state index contributed by atoms with van der Waals surface area (Å²) in [4.78, 5) is 35.7. The van der Waals surface area contributed by atoms with Crippen LogP contribution in [-0.4, -0.2) is 26.7 Å². The number of hydrogen-bond acceptors (Lipinski definition) is 9. The Balaban J connectivity index is 1.53. The summed E-state index contributed by atoms with van der Waals surface area (Å²) in [6.07, 6.45) is 1.68. The molecule has 0 aromatic heterocycles. The Labute approximate surface area is 220 Å². The van der Waals surface area contributed by atoms with E-state index in [0.717, 1.165) is 11.8 Å². The molecule has 4 rings (SSSR count). The maximum Gasteiger partial charge on any atom is 0.270 e. The molecule has 1 saturated heterocycles. The number of nitro benzene ring substituents is 2. The largest absolute Gasteiger partial charge is 0.490 e.